The molecule has 0 saturated heterocycles. The molecule has 0 amide bonds. The summed E-state index contributed by atoms with van der Waals surface area (Å²) in [4.78, 5) is 0. The summed E-state index contributed by atoms with van der Waals surface area (Å²) < 4.78 is 32.8. The van der Waals surface area contributed by atoms with E-state index in [-0.39, 0.29) is 11.7 Å². The zero-order valence-corrected chi connectivity index (χ0v) is 11.3. The molecule has 0 aliphatic heterocycles. The summed E-state index contributed by atoms with van der Waals surface area (Å²) in [6.07, 6.45) is -1.39. The van der Waals surface area contributed by atoms with Crippen molar-refractivity contribution in [1.29, 1.82) is 0 Å². The monoisotopic (exact) mass is 278 g/mol. The predicted octanol–water partition coefficient (Wildman–Crippen LogP) is 3.83. The molecule has 0 radical (unpaired) electrons. The maximum atomic E-state index is 13.7. The minimum Gasteiger partial charge on any atom is -0.491 e. The number of rotatable bonds is 4. The van der Waals surface area contributed by atoms with Crippen LogP contribution in [0.25, 0.3) is 0 Å². The van der Waals surface area contributed by atoms with Crippen LogP contribution in [0.3, 0.4) is 0 Å². The van der Waals surface area contributed by atoms with Gasteiger partial charge in [-0.05, 0) is 43.7 Å². The van der Waals surface area contributed by atoms with Crippen molar-refractivity contribution >= 4 is 0 Å². The lowest BCUT2D eigenvalue weighted by molar-refractivity contribution is 0.206. The fourth-order valence-electron chi connectivity index (χ4n) is 1.97. The zero-order chi connectivity index (χ0) is 14.7. The number of ether oxygens (including phenoxy) is 1. The summed E-state index contributed by atoms with van der Waals surface area (Å²) in [5, 5.41) is 10.2. The fraction of sp³-hybridized carbons (Fsp3) is 0.250. The van der Waals surface area contributed by atoms with E-state index in [1.54, 1.807) is 24.3 Å². The van der Waals surface area contributed by atoms with E-state index < -0.39 is 17.7 Å². The van der Waals surface area contributed by atoms with Gasteiger partial charge in [-0.2, -0.15) is 0 Å². The Bertz CT molecular complexity index is 577. The molecule has 0 aromatic heterocycles. The Morgan fingerprint density at radius 3 is 2.20 bits per heavy atom. The van der Waals surface area contributed by atoms with E-state index in [0.29, 0.717) is 11.3 Å². The van der Waals surface area contributed by atoms with E-state index in [9.17, 15) is 13.9 Å². The second-order valence-corrected chi connectivity index (χ2v) is 4.78. The Balaban J connectivity index is 2.36. The summed E-state index contributed by atoms with van der Waals surface area (Å²) in [6.45, 7) is 3.75. The highest BCUT2D eigenvalue weighted by atomic mass is 19.1. The van der Waals surface area contributed by atoms with Gasteiger partial charge in [0.2, 0.25) is 0 Å². The third kappa shape index (κ3) is 3.14. The van der Waals surface area contributed by atoms with E-state index in [2.05, 4.69) is 0 Å². The van der Waals surface area contributed by atoms with Crippen molar-refractivity contribution in [3.8, 4) is 5.75 Å². The molecule has 1 N–H and O–H groups in total. The highest BCUT2D eigenvalue weighted by Gasteiger charge is 2.19. The standard InChI is InChI=1S/C16H16F2O2/c1-10(2)20-12-6-3-5-11(9-12)16(19)15-13(17)7-4-8-14(15)18/h3-10,16,19H,1-2H3. The van der Waals surface area contributed by atoms with Gasteiger partial charge in [-0.1, -0.05) is 18.2 Å². The van der Waals surface area contributed by atoms with E-state index >= 15 is 0 Å². The lowest BCUT2D eigenvalue weighted by Gasteiger charge is -2.15. The molecular weight excluding hydrogens is 262 g/mol. The molecular formula is C16H16F2O2. The second kappa shape index (κ2) is 6.01. The van der Waals surface area contributed by atoms with Gasteiger partial charge in [0.15, 0.2) is 0 Å². The van der Waals surface area contributed by atoms with Crippen LogP contribution < -0.4 is 4.74 Å². The van der Waals surface area contributed by atoms with Gasteiger partial charge in [-0.15, -0.1) is 0 Å². The SMILES string of the molecule is CC(C)Oc1cccc(C(O)c2c(F)cccc2F)c1. The van der Waals surface area contributed by atoms with Crippen LogP contribution >= 0.6 is 0 Å². The Hall–Kier alpha value is -1.94. The number of benzene rings is 2. The molecule has 2 rings (SSSR count). The molecule has 0 spiro atoms. The van der Waals surface area contributed by atoms with Gasteiger partial charge >= 0.3 is 0 Å². The molecule has 2 aromatic carbocycles. The first-order chi connectivity index (χ1) is 9.49. The van der Waals surface area contributed by atoms with Crippen LogP contribution in [-0.2, 0) is 0 Å². The molecule has 0 bridgehead atoms. The average molecular weight is 278 g/mol. The molecule has 20 heavy (non-hydrogen) atoms. The number of halogens is 2. The van der Waals surface area contributed by atoms with E-state index in [1.165, 1.54) is 6.07 Å². The first-order valence-corrected chi connectivity index (χ1v) is 6.37. The summed E-state index contributed by atoms with van der Waals surface area (Å²) >= 11 is 0. The van der Waals surface area contributed by atoms with Gasteiger partial charge < -0.3 is 9.84 Å². The predicted molar refractivity (Wildman–Crippen MR) is 72.6 cm³/mol. The van der Waals surface area contributed by atoms with E-state index in [4.69, 9.17) is 4.74 Å². The van der Waals surface area contributed by atoms with E-state index in [1.807, 2.05) is 13.8 Å². The van der Waals surface area contributed by atoms with Crippen molar-refractivity contribution in [2.75, 3.05) is 0 Å². The quantitative estimate of drug-likeness (QED) is 0.921. The Labute approximate surface area is 116 Å². The van der Waals surface area contributed by atoms with Crippen molar-refractivity contribution in [2.24, 2.45) is 0 Å². The van der Waals surface area contributed by atoms with Crippen molar-refractivity contribution in [1.82, 2.24) is 0 Å². The molecule has 4 heteroatoms. The lowest BCUT2D eigenvalue weighted by atomic mass is 10.0. The number of aliphatic hydroxyl groups excluding tert-OH is 1. The molecule has 2 nitrogen and oxygen atoms in total. The van der Waals surface area contributed by atoms with Crippen LogP contribution in [0.4, 0.5) is 8.78 Å². The first kappa shape index (κ1) is 14.5. The Morgan fingerprint density at radius 2 is 1.60 bits per heavy atom. The van der Waals surface area contributed by atoms with Gasteiger partial charge in [-0.25, -0.2) is 8.78 Å². The largest absolute Gasteiger partial charge is 0.491 e. The molecule has 0 heterocycles. The molecule has 2 aromatic rings. The summed E-state index contributed by atoms with van der Waals surface area (Å²) in [6, 6.07) is 10.1. The summed E-state index contributed by atoms with van der Waals surface area (Å²) in [5.74, 6) is -0.992. The molecule has 1 atom stereocenters. The van der Waals surface area contributed by atoms with Gasteiger partial charge in [0.1, 0.15) is 23.5 Å². The van der Waals surface area contributed by atoms with Crippen molar-refractivity contribution in [2.45, 2.75) is 26.1 Å². The van der Waals surface area contributed by atoms with Crippen molar-refractivity contribution < 1.29 is 18.6 Å². The molecule has 1 unspecified atom stereocenters. The van der Waals surface area contributed by atoms with Crippen LogP contribution in [-0.4, -0.2) is 11.2 Å². The molecule has 0 aliphatic rings. The third-order valence-corrected chi connectivity index (χ3v) is 2.82. The fourth-order valence-corrected chi connectivity index (χ4v) is 1.97. The molecule has 0 saturated carbocycles. The van der Waals surface area contributed by atoms with Gasteiger partial charge in [0, 0.05) is 0 Å². The molecule has 106 valence electrons. The molecule has 0 fully saturated rings. The number of aliphatic hydroxyl groups is 1. The summed E-state index contributed by atoms with van der Waals surface area (Å²) in [5.41, 5.74) is 0.0290. The Morgan fingerprint density at radius 1 is 1.00 bits per heavy atom. The van der Waals surface area contributed by atoms with Crippen LogP contribution in [0.15, 0.2) is 42.5 Å². The minimum atomic E-state index is -1.37. The average Bonchev–Trinajstić information content (AvgIpc) is 2.38. The highest BCUT2D eigenvalue weighted by Crippen LogP contribution is 2.29. The van der Waals surface area contributed by atoms with Crippen molar-refractivity contribution in [3.05, 3.63) is 65.2 Å². The van der Waals surface area contributed by atoms with Gasteiger partial charge in [0.05, 0.1) is 11.7 Å². The minimum absolute atomic E-state index is 0.0207. The number of hydrogen-bond acceptors (Lipinski definition) is 2. The maximum absolute atomic E-state index is 13.7. The van der Waals surface area contributed by atoms with Gasteiger partial charge in [0.25, 0.3) is 0 Å². The lowest BCUT2D eigenvalue weighted by Crippen LogP contribution is -2.08. The number of hydrogen-bond donors (Lipinski definition) is 1. The topological polar surface area (TPSA) is 29.5 Å². The van der Waals surface area contributed by atoms with Crippen LogP contribution in [0.2, 0.25) is 0 Å². The Kier molecular flexibility index (Phi) is 4.35. The molecule has 0 aliphatic carbocycles. The zero-order valence-electron chi connectivity index (χ0n) is 11.3. The summed E-state index contributed by atoms with van der Waals surface area (Å²) in [7, 11) is 0. The smallest absolute Gasteiger partial charge is 0.132 e. The van der Waals surface area contributed by atoms with Crippen molar-refractivity contribution in [3.63, 3.8) is 0 Å². The maximum Gasteiger partial charge on any atom is 0.132 e. The van der Waals surface area contributed by atoms with Crippen LogP contribution in [0, 0.1) is 11.6 Å². The van der Waals surface area contributed by atoms with Crippen LogP contribution in [0.5, 0.6) is 5.75 Å². The second-order valence-electron chi connectivity index (χ2n) is 4.78. The highest BCUT2D eigenvalue weighted by molar-refractivity contribution is 5.36. The normalized spacial score (nSPS) is 12.5. The van der Waals surface area contributed by atoms with Crippen LogP contribution in [0.1, 0.15) is 31.1 Å². The first-order valence-electron chi connectivity index (χ1n) is 6.37. The third-order valence-electron chi connectivity index (χ3n) is 2.82. The van der Waals surface area contributed by atoms with E-state index in [0.717, 1.165) is 12.1 Å². The van der Waals surface area contributed by atoms with Gasteiger partial charge in [-0.3, -0.25) is 0 Å².